The SMILES string of the molecule is CCOc1c(O)sc2c(O)cccc12. The zero-order valence-electron chi connectivity index (χ0n) is 7.65. The van der Waals surface area contributed by atoms with Crippen LogP contribution in [0.25, 0.3) is 10.1 Å². The standard InChI is InChI=1S/C10H10O3S/c1-2-13-8-6-4-3-5-7(11)9(6)14-10(8)12/h3-5,11-12H,2H2,1H3. The van der Waals surface area contributed by atoms with E-state index in [2.05, 4.69) is 0 Å². The number of aromatic hydroxyl groups is 2. The monoisotopic (exact) mass is 210 g/mol. The third kappa shape index (κ3) is 1.28. The van der Waals surface area contributed by atoms with Gasteiger partial charge in [0.15, 0.2) is 5.75 Å². The average Bonchev–Trinajstić information content (AvgIpc) is 2.47. The van der Waals surface area contributed by atoms with Gasteiger partial charge in [-0.2, -0.15) is 0 Å². The highest BCUT2D eigenvalue weighted by atomic mass is 32.1. The van der Waals surface area contributed by atoms with Crippen molar-refractivity contribution in [3.63, 3.8) is 0 Å². The van der Waals surface area contributed by atoms with Gasteiger partial charge in [0.2, 0.25) is 5.06 Å². The van der Waals surface area contributed by atoms with E-state index in [-0.39, 0.29) is 10.8 Å². The predicted octanol–water partition coefficient (Wildman–Crippen LogP) is 2.71. The lowest BCUT2D eigenvalue weighted by Gasteiger charge is -2.00. The van der Waals surface area contributed by atoms with Crippen molar-refractivity contribution >= 4 is 21.4 Å². The maximum absolute atomic E-state index is 9.57. The molecule has 0 aliphatic heterocycles. The fraction of sp³-hybridized carbons (Fsp3) is 0.200. The predicted molar refractivity (Wildman–Crippen MR) is 56.3 cm³/mol. The second-order valence-electron chi connectivity index (χ2n) is 2.82. The first-order valence-electron chi connectivity index (χ1n) is 4.30. The van der Waals surface area contributed by atoms with Gasteiger partial charge in [-0.25, -0.2) is 0 Å². The molecule has 0 aliphatic rings. The molecule has 0 saturated carbocycles. The van der Waals surface area contributed by atoms with Crippen LogP contribution in [-0.2, 0) is 0 Å². The Hall–Kier alpha value is -1.42. The molecule has 0 amide bonds. The Balaban J connectivity index is 2.70. The topological polar surface area (TPSA) is 49.7 Å². The summed E-state index contributed by atoms with van der Waals surface area (Å²) in [6, 6.07) is 5.14. The molecule has 0 bridgehead atoms. The third-order valence-corrected chi connectivity index (χ3v) is 2.93. The fourth-order valence-electron chi connectivity index (χ4n) is 1.35. The van der Waals surface area contributed by atoms with Gasteiger partial charge in [-0.05, 0) is 19.1 Å². The summed E-state index contributed by atoms with van der Waals surface area (Å²) in [6.45, 7) is 2.35. The van der Waals surface area contributed by atoms with Crippen LogP contribution in [0.5, 0.6) is 16.6 Å². The molecule has 4 heteroatoms. The molecule has 74 valence electrons. The summed E-state index contributed by atoms with van der Waals surface area (Å²) in [5.41, 5.74) is 0. The second-order valence-corrected chi connectivity index (χ2v) is 3.82. The molecule has 3 nitrogen and oxygen atoms in total. The van der Waals surface area contributed by atoms with Crippen LogP contribution in [0.1, 0.15) is 6.92 Å². The van der Waals surface area contributed by atoms with Gasteiger partial charge < -0.3 is 14.9 Å². The molecule has 1 heterocycles. The molecule has 0 saturated heterocycles. The molecular formula is C10H10O3S. The van der Waals surface area contributed by atoms with Gasteiger partial charge >= 0.3 is 0 Å². The summed E-state index contributed by atoms with van der Waals surface area (Å²) in [5.74, 6) is 0.636. The lowest BCUT2D eigenvalue weighted by atomic mass is 10.2. The Morgan fingerprint density at radius 3 is 2.86 bits per heavy atom. The molecule has 2 N–H and O–H groups in total. The highest BCUT2D eigenvalue weighted by molar-refractivity contribution is 7.21. The van der Waals surface area contributed by atoms with Gasteiger partial charge in [-0.1, -0.05) is 17.4 Å². The van der Waals surface area contributed by atoms with Crippen molar-refractivity contribution in [1.82, 2.24) is 0 Å². The van der Waals surface area contributed by atoms with Crippen LogP contribution in [0.2, 0.25) is 0 Å². The Bertz CT molecular complexity index is 462. The lowest BCUT2D eigenvalue weighted by molar-refractivity contribution is 0.326. The summed E-state index contributed by atoms with van der Waals surface area (Å²) >= 11 is 1.13. The van der Waals surface area contributed by atoms with E-state index in [9.17, 15) is 10.2 Å². The van der Waals surface area contributed by atoms with Crippen molar-refractivity contribution < 1.29 is 14.9 Å². The molecule has 0 radical (unpaired) electrons. The second kappa shape index (κ2) is 3.38. The van der Waals surface area contributed by atoms with Crippen molar-refractivity contribution in [1.29, 1.82) is 0 Å². The summed E-state index contributed by atoms with van der Waals surface area (Å²) in [6.07, 6.45) is 0. The molecule has 14 heavy (non-hydrogen) atoms. The van der Waals surface area contributed by atoms with Gasteiger partial charge in [0.25, 0.3) is 0 Å². The number of ether oxygens (including phenoxy) is 1. The van der Waals surface area contributed by atoms with E-state index >= 15 is 0 Å². The van der Waals surface area contributed by atoms with Crippen LogP contribution < -0.4 is 4.74 Å². The van der Waals surface area contributed by atoms with Crippen molar-refractivity contribution in [3.8, 4) is 16.6 Å². The minimum atomic E-state index is 0.114. The zero-order valence-corrected chi connectivity index (χ0v) is 8.47. The first-order chi connectivity index (χ1) is 6.74. The van der Waals surface area contributed by atoms with E-state index in [0.717, 1.165) is 16.7 Å². The van der Waals surface area contributed by atoms with Crippen LogP contribution in [0.3, 0.4) is 0 Å². The number of hydrogen-bond acceptors (Lipinski definition) is 4. The molecule has 0 unspecified atom stereocenters. The van der Waals surface area contributed by atoms with Crippen molar-refractivity contribution in [2.24, 2.45) is 0 Å². The van der Waals surface area contributed by atoms with Gasteiger partial charge in [0, 0.05) is 5.39 Å². The summed E-state index contributed by atoms with van der Waals surface area (Å²) in [4.78, 5) is 0. The van der Waals surface area contributed by atoms with E-state index in [0.29, 0.717) is 17.1 Å². The molecule has 0 atom stereocenters. The summed E-state index contributed by atoms with van der Waals surface area (Å²) < 4.78 is 5.95. The molecule has 0 spiro atoms. The largest absolute Gasteiger partial charge is 0.506 e. The molecular weight excluding hydrogens is 200 g/mol. The van der Waals surface area contributed by atoms with Crippen molar-refractivity contribution in [2.75, 3.05) is 6.61 Å². The molecule has 2 aromatic rings. The third-order valence-electron chi connectivity index (χ3n) is 1.92. The van der Waals surface area contributed by atoms with Gasteiger partial charge in [-0.3, -0.25) is 0 Å². The quantitative estimate of drug-likeness (QED) is 0.801. The zero-order chi connectivity index (χ0) is 10.1. The van der Waals surface area contributed by atoms with Crippen molar-refractivity contribution in [3.05, 3.63) is 18.2 Å². The smallest absolute Gasteiger partial charge is 0.215 e. The van der Waals surface area contributed by atoms with E-state index < -0.39 is 0 Å². The van der Waals surface area contributed by atoms with Crippen LogP contribution in [0.4, 0.5) is 0 Å². The number of hydrogen-bond donors (Lipinski definition) is 2. The van der Waals surface area contributed by atoms with Crippen LogP contribution in [0.15, 0.2) is 18.2 Å². The number of fused-ring (bicyclic) bond motifs is 1. The van der Waals surface area contributed by atoms with Gasteiger partial charge in [-0.15, -0.1) is 0 Å². The van der Waals surface area contributed by atoms with E-state index in [1.807, 2.05) is 13.0 Å². The normalized spacial score (nSPS) is 10.6. The molecule has 1 aromatic carbocycles. The van der Waals surface area contributed by atoms with Crippen molar-refractivity contribution in [2.45, 2.75) is 6.92 Å². The fourth-order valence-corrected chi connectivity index (χ4v) is 2.25. The first-order valence-corrected chi connectivity index (χ1v) is 5.12. The Kier molecular flexibility index (Phi) is 2.21. The van der Waals surface area contributed by atoms with Gasteiger partial charge in [0.1, 0.15) is 5.75 Å². The van der Waals surface area contributed by atoms with Crippen LogP contribution >= 0.6 is 11.3 Å². The number of phenols is 1. The van der Waals surface area contributed by atoms with Gasteiger partial charge in [0.05, 0.1) is 11.3 Å². The number of rotatable bonds is 2. The highest BCUT2D eigenvalue weighted by Gasteiger charge is 2.14. The summed E-state index contributed by atoms with van der Waals surface area (Å²) in [5, 5.41) is 20.0. The number of thiophene rings is 1. The Labute approximate surface area is 85.2 Å². The maximum Gasteiger partial charge on any atom is 0.215 e. The average molecular weight is 210 g/mol. The molecule has 0 fully saturated rings. The first kappa shape index (κ1) is 9.15. The number of phenolic OH excluding ortho intramolecular Hbond substituents is 1. The minimum absolute atomic E-state index is 0.114. The number of benzene rings is 1. The highest BCUT2D eigenvalue weighted by Crippen LogP contribution is 2.46. The molecule has 1 aromatic heterocycles. The van der Waals surface area contributed by atoms with Crippen LogP contribution in [-0.4, -0.2) is 16.8 Å². The molecule has 0 aliphatic carbocycles. The summed E-state index contributed by atoms with van der Waals surface area (Å²) in [7, 11) is 0. The van der Waals surface area contributed by atoms with Crippen LogP contribution in [0, 0.1) is 0 Å². The Morgan fingerprint density at radius 2 is 2.14 bits per heavy atom. The minimum Gasteiger partial charge on any atom is -0.506 e. The molecule has 2 rings (SSSR count). The lowest BCUT2D eigenvalue weighted by Crippen LogP contribution is -1.89. The maximum atomic E-state index is 9.57. The Morgan fingerprint density at radius 1 is 1.36 bits per heavy atom. The van der Waals surface area contributed by atoms with E-state index in [1.54, 1.807) is 12.1 Å². The van der Waals surface area contributed by atoms with E-state index in [1.165, 1.54) is 0 Å². The van der Waals surface area contributed by atoms with E-state index in [4.69, 9.17) is 4.74 Å².